The van der Waals surface area contributed by atoms with Gasteiger partial charge in [-0.3, -0.25) is 4.79 Å². The number of nitrogens with one attached hydrogen (secondary N) is 2. The van der Waals surface area contributed by atoms with Gasteiger partial charge in [-0.2, -0.15) is 0 Å². The van der Waals surface area contributed by atoms with Crippen molar-refractivity contribution in [2.75, 3.05) is 6.54 Å². The smallest absolute Gasteiger partial charge is 0.228 e. The lowest BCUT2D eigenvalue weighted by atomic mass is 9.87. The van der Waals surface area contributed by atoms with Crippen molar-refractivity contribution in [1.82, 2.24) is 10.6 Å². The molecule has 1 aromatic rings. The highest BCUT2D eigenvalue weighted by atomic mass is 35.5. The normalized spacial score (nSPS) is 22.8. The first kappa shape index (κ1) is 19.3. The van der Waals surface area contributed by atoms with Gasteiger partial charge in [0.2, 0.25) is 5.91 Å². The molecule has 0 radical (unpaired) electrons. The predicted octanol–water partition coefficient (Wildman–Crippen LogP) is 3.76. The Morgan fingerprint density at radius 1 is 1.41 bits per heavy atom. The van der Waals surface area contributed by atoms with Crippen LogP contribution in [0.5, 0.6) is 0 Å². The first-order chi connectivity index (χ1) is 9.99. The van der Waals surface area contributed by atoms with Crippen molar-refractivity contribution >= 4 is 29.9 Å². The van der Waals surface area contributed by atoms with Gasteiger partial charge in [-0.05, 0) is 49.9 Å². The van der Waals surface area contributed by atoms with Gasteiger partial charge in [-0.15, -0.1) is 12.4 Å². The van der Waals surface area contributed by atoms with E-state index in [-0.39, 0.29) is 36.2 Å². The third-order valence-electron chi connectivity index (χ3n) is 4.25. The summed E-state index contributed by atoms with van der Waals surface area (Å²) in [5, 5.41) is 7.32. The molecule has 3 atom stereocenters. The topological polar surface area (TPSA) is 41.1 Å². The molecule has 0 saturated carbocycles. The minimum Gasteiger partial charge on any atom is -0.351 e. The lowest BCUT2D eigenvalue weighted by molar-refractivity contribution is -0.124. The Hall–Kier alpha value is -0.770. The first-order valence-electron chi connectivity index (χ1n) is 7.78. The Kier molecular flexibility index (Phi) is 7.67. The molecule has 124 valence electrons. The van der Waals surface area contributed by atoms with E-state index < -0.39 is 0 Å². The number of carbonyl (C=O) groups excluding carboxylic acids is 1. The molecule has 1 heterocycles. The summed E-state index contributed by atoms with van der Waals surface area (Å²) in [7, 11) is 0. The van der Waals surface area contributed by atoms with E-state index in [1.165, 1.54) is 0 Å². The Bertz CT molecular complexity index is 493. The SMILES string of the molecule is CC(C)C(C(=O)NC1CCCNC1C)c1cccc(Cl)c1.Cl. The molecule has 1 aliphatic rings. The fourth-order valence-corrected chi connectivity index (χ4v) is 3.25. The molecule has 3 unspecified atom stereocenters. The average molecular weight is 345 g/mol. The summed E-state index contributed by atoms with van der Waals surface area (Å²) >= 11 is 6.07. The van der Waals surface area contributed by atoms with E-state index in [4.69, 9.17) is 11.6 Å². The maximum Gasteiger partial charge on any atom is 0.228 e. The number of hydrogen-bond donors (Lipinski definition) is 2. The van der Waals surface area contributed by atoms with Crippen LogP contribution < -0.4 is 10.6 Å². The van der Waals surface area contributed by atoms with Crippen molar-refractivity contribution in [3.63, 3.8) is 0 Å². The molecule has 5 heteroatoms. The number of benzene rings is 1. The minimum absolute atomic E-state index is 0. The van der Waals surface area contributed by atoms with Gasteiger partial charge in [-0.25, -0.2) is 0 Å². The molecule has 2 N–H and O–H groups in total. The summed E-state index contributed by atoms with van der Waals surface area (Å²) in [4.78, 5) is 12.7. The largest absolute Gasteiger partial charge is 0.351 e. The van der Waals surface area contributed by atoms with Gasteiger partial charge >= 0.3 is 0 Å². The van der Waals surface area contributed by atoms with Crippen molar-refractivity contribution in [2.24, 2.45) is 5.92 Å². The van der Waals surface area contributed by atoms with Crippen LogP contribution in [0.1, 0.15) is 45.1 Å². The van der Waals surface area contributed by atoms with Gasteiger partial charge in [0.1, 0.15) is 0 Å². The number of halogens is 2. The van der Waals surface area contributed by atoms with Crippen LogP contribution >= 0.6 is 24.0 Å². The molecular formula is C17H26Cl2N2O. The van der Waals surface area contributed by atoms with Gasteiger partial charge in [0.15, 0.2) is 0 Å². The second kappa shape index (κ2) is 8.76. The minimum atomic E-state index is -0.155. The number of hydrogen-bond acceptors (Lipinski definition) is 2. The zero-order chi connectivity index (χ0) is 15.4. The quantitative estimate of drug-likeness (QED) is 0.872. The van der Waals surface area contributed by atoms with Crippen LogP contribution in [0.15, 0.2) is 24.3 Å². The second-order valence-corrected chi connectivity index (χ2v) is 6.71. The highest BCUT2D eigenvalue weighted by Gasteiger charge is 2.29. The van der Waals surface area contributed by atoms with Gasteiger partial charge in [0.05, 0.1) is 5.92 Å². The van der Waals surface area contributed by atoms with Crippen molar-refractivity contribution < 1.29 is 4.79 Å². The van der Waals surface area contributed by atoms with E-state index >= 15 is 0 Å². The van der Waals surface area contributed by atoms with Crippen molar-refractivity contribution in [1.29, 1.82) is 0 Å². The van der Waals surface area contributed by atoms with E-state index in [1.54, 1.807) is 0 Å². The zero-order valence-corrected chi connectivity index (χ0v) is 15.0. The average Bonchev–Trinajstić information content (AvgIpc) is 2.41. The van der Waals surface area contributed by atoms with E-state index in [1.807, 2.05) is 24.3 Å². The molecule has 0 aromatic heterocycles. The lowest BCUT2D eigenvalue weighted by Crippen LogP contribution is -2.53. The van der Waals surface area contributed by atoms with Crippen molar-refractivity contribution in [3.8, 4) is 0 Å². The van der Waals surface area contributed by atoms with E-state index in [0.29, 0.717) is 11.1 Å². The second-order valence-electron chi connectivity index (χ2n) is 6.28. The van der Waals surface area contributed by atoms with Gasteiger partial charge in [0.25, 0.3) is 0 Å². The molecule has 1 fully saturated rings. The van der Waals surface area contributed by atoms with Crippen LogP contribution in [0, 0.1) is 5.92 Å². The predicted molar refractivity (Wildman–Crippen MR) is 94.9 cm³/mol. The fraction of sp³-hybridized carbons (Fsp3) is 0.588. The molecule has 22 heavy (non-hydrogen) atoms. The summed E-state index contributed by atoms with van der Waals surface area (Å²) in [6.07, 6.45) is 2.15. The summed E-state index contributed by atoms with van der Waals surface area (Å²) in [5.41, 5.74) is 0.992. The van der Waals surface area contributed by atoms with Crippen LogP contribution in [0.2, 0.25) is 5.02 Å². The highest BCUT2D eigenvalue weighted by Crippen LogP contribution is 2.27. The Morgan fingerprint density at radius 2 is 2.14 bits per heavy atom. The number of amides is 1. The van der Waals surface area contributed by atoms with Crippen LogP contribution in [-0.4, -0.2) is 24.5 Å². The molecular weight excluding hydrogens is 319 g/mol. The summed E-state index contributed by atoms with van der Waals surface area (Å²) < 4.78 is 0. The Labute approximate surface area is 144 Å². The van der Waals surface area contributed by atoms with Crippen molar-refractivity contribution in [2.45, 2.75) is 51.6 Å². The van der Waals surface area contributed by atoms with Gasteiger partial charge < -0.3 is 10.6 Å². The van der Waals surface area contributed by atoms with Gasteiger partial charge in [-0.1, -0.05) is 37.6 Å². The maximum absolute atomic E-state index is 12.7. The first-order valence-corrected chi connectivity index (χ1v) is 8.16. The third-order valence-corrected chi connectivity index (χ3v) is 4.48. The van der Waals surface area contributed by atoms with E-state index in [0.717, 1.165) is 24.9 Å². The Balaban J connectivity index is 0.00000242. The number of piperidine rings is 1. The fourth-order valence-electron chi connectivity index (χ4n) is 3.05. The zero-order valence-electron chi connectivity index (χ0n) is 13.4. The summed E-state index contributed by atoms with van der Waals surface area (Å²) in [5.74, 6) is 0.181. The molecule has 1 saturated heterocycles. The Morgan fingerprint density at radius 3 is 2.73 bits per heavy atom. The number of rotatable bonds is 4. The lowest BCUT2D eigenvalue weighted by Gasteiger charge is -2.32. The molecule has 1 aliphatic heterocycles. The third kappa shape index (κ3) is 4.87. The van der Waals surface area contributed by atoms with Crippen LogP contribution in [-0.2, 0) is 4.79 Å². The number of carbonyl (C=O) groups is 1. The molecule has 3 nitrogen and oxygen atoms in total. The summed E-state index contributed by atoms with van der Waals surface area (Å²) in [6.45, 7) is 7.32. The van der Waals surface area contributed by atoms with Gasteiger partial charge in [0, 0.05) is 17.1 Å². The van der Waals surface area contributed by atoms with Crippen LogP contribution in [0.4, 0.5) is 0 Å². The molecule has 0 aliphatic carbocycles. The van der Waals surface area contributed by atoms with Crippen molar-refractivity contribution in [3.05, 3.63) is 34.9 Å². The maximum atomic E-state index is 12.7. The van der Waals surface area contributed by atoms with Crippen LogP contribution in [0.25, 0.3) is 0 Å². The van der Waals surface area contributed by atoms with Crippen LogP contribution in [0.3, 0.4) is 0 Å². The molecule has 2 rings (SSSR count). The molecule has 1 aromatic carbocycles. The standard InChI is InChI=1S/C17H25ClN2O.ClH/c1-11(2)16(13-6-4-7-14(18)10-13)17(21)20-15-8-5-9-19-12(15)3;/h4,6-7,10-12,15-16,19H,5,8-9H2,1-3H3,(H,20,21);1H. The molecule has 0 spiro atoms. The highest BCUT2D eigenvalue weighted by molar-refractivity contribution is 6.30. The summed E-state index contributed by atoms with van der Waals surface area (Å²) in [6, 6.07) is 8.17. The van der Waals surface area contributed by atoms with E-state index in [9.17, 15) is 4.79 Å². The monoisotopic (exact) mass is 344 g/mol. The molecule has 0 bridgehead atoms. The molecule has 1 amide bonds. The van der Waals surface area contributed by atoms with E-state index in [2.05, 4.69) is 31.4 Å².